The van der Waals surface area contributed by atoms with Crippen LogP contribution in [-0.2, 0) is 18.3 Å². The molecule has 0 aliphatic carbocycles. The number of thioether (sulfide) groups is 1. The highest BCUT2D eigenvalue weighted by atomic mass is 32.2. The summed E-state index contributed by atoms with van der Waals surface area (Å²) in [6.45, 7) is 0.395. The first kappa shape index (κ1) is 22.3. The van der Waals surface area contributed by atoms with Crippen LogP contribution in [0, 0.1) is 5.82 Å². The van der Waals surface area contributed by atoms with Crippen LogP contribution in [0.5, 0.6) is 5.75 Å². The molecule has 10 heteroatoms. The molecule has 0 aliphatic heterocycles. The number of halogens is 1. The predicted molar refractivity (Wildman–Crippen MR) is 116 cm³/mol. The average molecular weight is 444 g/mol. The number of aromatic nitrogens is 3. The van der Waals surface area contributed by atoms with Crippen LogP contribution in [0.25, 0.3) is 0 Å². The minimum absolute atomic E-state index is 0.136. The molecule has 162 valence electrons. The van der Waals surface area contributed by atoms with Gasteiger partial charge < -0.3 is 19.9 Å². The number of nitrogens with zero attached hydrogens (tertiary/aromatic N) is 3. The quantitative estimate of drug-likeness (QED) is 0.494. The van der Waals surface area contributed by atoms with E-state index < -0.39 is 0 Å². The third-order valence-corrected chi connectivity index (χ3v) is 5.39. The number of hydrogen-bond donors (Lipinski definition) is 2. The standard InChI is InChI=1S/C21H22FN5O3S/c1-27-18(11-12-23-20(29)14-3-9-17(30-2)10-4-14)25-26-21(27)31-13-19(28)24-16-7-5-15(22)6-8-16/h3-10H,11-13H2,1-2H3,(H,23,29)(H,24,28). The molecule has 0 saturated carbocycles. The molecule has 0 fully saturated rings. The van der Waals surface area contributed by atoms with Crippen molar-refractivity contribution in [3.05, 3.63) is 65.7 Å². The van der Waals surface area contributed by atoms with E-state index in [2.05, 4.69) is 20.8 Å². The van der Waals surface area contributed by atoms with Gasteiger partial charge in [0.25, 0.3) is 5.91 Å². The summed E-state index contributed by atoms with van der Waals surface area (Å²) in [5, 5.41) is 14.4. The van der Waals surface area contributed by atoms with Gasteiger partial charge in [-0.3, -0.25) is 9.59 Å². The van der Waals surface area contributed by atoms with E-state index in [0.29, 0.717) is 40.9 Å². The van der Waals surface area contributed by atoms with Crippen LogP contribution in [0.1, 0.15) is 16.2 Å². The molecule has 31 heavy (non-hydrogen) atoms. The lowest BCUT2D eigenvalue weighted by Crippen LogP contribution is -2.26. The highest BCUT2D eigenvalue weighted by molar-refractivity contribution is 7.99. The number of hydrogen-bond acceptors (Lipinski definition) is 6. The smallest absolute Gasteiger partial charge is 0.251 e. The summed E-state index contributed by atoms with van der Waals surface area (Å²) in [4.78, 5) is 24.3. The number of nitrogens with one attached hydrogen (secondary N) is 2. The topological polar surface area (TPSA) is 98.1 Å². The number of benzene rings is 2. The first-order chi connectivity index (χ1) is 15.0. The lowest BCUT2D eigenvalue weighted by molar-refractivity contribution is -0.113. The minimum Gasteiger partial charge on any atom is -0.497 e. The number of carbonyl (C=O) groups excluding carboxylic acids is 2. The first-order valence-electron chi connectivity index (χ1n) is 9.45. The van der Waals surface area contributed by atoms with E-state index >= 15 is 0 Å². The second-order valence-corrected chi connectivity index (χ2v) is 7.48. The van der Waals surface area contributed by atoms with E-state index in [1.165, 1.54) is 36.0 Å². The fraction of sp³-hybridized carbons (Fsp3) is 0.238. The van der Waals surface area contributed by atoms with Gasteiger partial charge in [0.05, 0.1) is 12.9 Å². The molecule has 0 radical (unpaired) electrons. The second kappa shape index (κ2) is 10.6. The third kappa shape index (κ3) is 6.29. The molecule has 0 spiro atoms. The largest absolute Gasteiger partial charge is 0.497 e. The SMILES string of the molecule is COc1ccc(C(=O)NCCc2nnc(SCC(=O)Nc3ccc(F)cc3)n2C)cc1. The molecule has 2 N–H and O–H groups in total. The number of anilines is 1. The van der Waals surface area contributed by atoms with E-state index in [9.17, 15) is 14.0 Å². The first-order valence-corrected chi connectivity index (χ1v) is 10.4. The van der Waals surface area contributed by atoms with E-state index in [1.54, 1.807) is 43.0 Å². The van der Waals surface area contributed by atoms with Gasteiger partial charge in [0.2, 0.25) is 5.91 Å². The van der Waals surface area contributed by atoms with E-state index in [4.69, 9.17) is 4.74 Å². The van der Waals surface area contributed by atoms with Crippen LogP contribution in [0.15, 0.2) is 53.7 Å². The Morgan fingerprint density at radius 2 is 1.81 bits per heavy atom. The van der Waals surface area contributed by atoms with Gasteiger partial charge in [0.15, 0.2) is 5.16 Å². The average Bonchev–Trinajstić information content (AvgIpc) is 3.13. The third-order valence-electron chi connectivity index (χ3n) is 4.37. The molecular formula is C21H22FN5O3S. The van der Waals surface area contributed by atoms with Crippen molar-refractivity contribution in [1.29, 1.82) is 0 Å². The summed E-state index contributed by atoms with van der Waals surface area (Å²) in [7, 11) is 3.38. The lowest BCUT2D eigenvalue weighted by atomic mass is 10.2. The molecule has 3 aromatic rings. The summed E-state index contributed by atoms with van der Waals surface area (Å²) in [6, 6.07) is 12.4. The van der Waals surface area contributed by atoms with Gasteiger partial charge in [-0.2, -0.15) is 0 Å². The summed E-state index contributed by atoms with van der Waals surface area (Å²) in [5.74, 6) is 0.741. The van der Waals surface area contributed by atoms with Gasteiger partial charge in [-0.15, -0.1) is 10.2 Å². The van der Waals surface area contributed by atoms with Gasteiger partial charge in [-0.25, -0.2) is 4.39 Å². The monoisotopic (exact) mass is 443 g/mol. The second-order valence-electron chi connectivity index (χ2n) is 6.54. The maximum atomic E-state index is 12.9. The van der Waals surface area contributed by atoms with Crippen LogP contribution < -0.4 is 15.4 Å². The number of carbonyl (C=O) groups is 2. The molecule has 0 atom stereocenters. The Kier molecular flexibility index (Phi) is 7.60. The van der Waals surface area contributed by atoms with Crippen molar-refractivity contribution in [2.75, 3.05) is 24.7 Å². The molecular weight excluding hydrogens is 421 g/mol. The van der Waals surface area contributed by atoms with E-state index in [1.807, 2.05) is 0 Å². The molecule has 3 rings (SSSR count). The fourth-order valence-electron chi connectivity index (χ4n) is 2.68. The van der Waals surface area contributed by atoms with Crippen molar-refractivity contribution >= 4 is 29.3 Å². The van der Waals surface area contributed by atoms with Crippen molar-refractivity contribution < 1.29 is 18.7 Å². The number of methoxy groups -OCH3 is 1. The molecule has 2 amide bonds. The van der Waals surface area contributed by atoms with Crippen molar-refractivity contribution in [3.8, 4) is 5.75 Å². The molecule has 0 unspecified atom stereocenters. The molecule has 2 aromatic carbocycles. The van der Waals surface area contributed by atoms with Gasteiger partial charge >= 0.3 is 0 Å². The maximum absolute atomic E-state index is 12.9. The highest BCUT2D eigenvalue weighted by Crippen LogP contribution is 2.17. The van der Waals surface area contributed by atoms with Gasteiger partial charge in [-0.1, -0.05) is 11.8 Å². The van der Waals surface area contributed by atoms with Crippen molar-refractivity contribution in [1.82, 2.24) is 20.1 Å². The lowest BCUT2D eigenvalue weighted by Gasteiger charge is -2.07. The maximum Gasteiger partial charge on any atom is 0.251 e. The molecule has 1 aromatic heterocycles. The number of rotatable bonds is 9. The van der Waals surface area contributed by atoms with Crippen molar-refractivity contribution in [3.63, 3.8) is 0 Å². The van der Waals surface area contributed by atoms with E-state index in [-0.39, 0.29) is 23.4 Å². The zero-order valence-corrected chi connectivity index (χ0v) is 17.9. The Hall–Kier alpha value is -3.40. The van der Waals surface area contributed by atoms with Crippen LogP contribution in [0.3, 0.4) is 0 Å². The van der Waals surface area contributed by atoms with Gasteiger partial charge in [-0.05, 0) is 48.5 Å². The highest BCUT2D eigenvalue weighted by Gasteiger charge is 2.12. The minimum atomic E-state index is -0.362. The Morgan fingerprint density at radius 1 is 1.10 bits per heavy atom. The summed E-state index contributed by atoms with van der Waals surface area (Å²) in [5.41, 5.74) is 1.07. The number of ether oxygens (including phenoxy) is 1. The van der Waals surface area contributed by atoms with E-state index in [0.717, 1.165) is 0 Å². The number of amides is 2. The Bertz CT molecular complexity index is 1040. The Balaban J connectivity index is 1.45. The molecule has 8 nitrogen and oxygen atoms in total. The molecule has 0 aliphatic rings. The Labute approximate surface area is 183 Å². The van der Waals surface area contributed by atoms with Crippen molar-refractivity contribution in [2.24, 2.45) is 7.05 Å². The normalized spacial score (nSPS) is 10.5. The summed E-state index contributed by atoms with van der Waals surface area (Å²) < 4.78 is 19.8. The molecule has 0 saturated heterocycles. The summed E-state index contributed by atoms with van der Waals surface area (Å²) >= 11 is 1.24. The van der Waals surface area contributed by atoms with Crippen LogP contribution in [0.2, 0.25) is 0 Å². The van der Waals surface area contributed by atoms with Crippen molar-refractivity contribution in [2.45, 2.75) is 11.6 Å². The van der Waals surface area contributed by atoms with Crippen LogP contribution >= 0.6 is 11.8 Å². The van der Waals surface area contributed by atoms with Gasteiger partial charge in [0, 0.05) is 31.3 Å². The predicted octanol–water partition coefficient (Wildman–Crippen LogP) is 2.67. The fourth-order valence-corrected chi connectivity index (χ4v) is 3.41. The van der Waals surface area contributed by atoms with Crippen LogP contribution in [0.4, 0.5) is 10.1 Å². The molecule has 1 heterocycles. The van der Waals surface area contributed by atoms with Crippen LogP contribution in [-0.4, -0.2) is 46.0 Å². The Morgan fingerprint density at radius 3 is 2.48 bits per heavy atom. The zero-order chi connectivity index (χ0) is 22.2. The zero-order valence-electron chi connectivity index (χ0n) is 17.1. The molecule has 0 bridgehead atoms. The summed E-state index contributed by atoms with van der Waals surface area (Å²) in [6.07, 6.45) is 0.494. The van der Waals surface area contributed by atoms with Gasteiger partial charge in [0.1, 0.15) is 17.4 Å².